The second-order valence-electron chi connectivity index (χ2n) is 5.34. The molecular formula is C15H21FN2O2. The van der Waals surface area contributed by atoms with Gasteiger partial charge in [0.15, 0.2) is 0 Å². The number of carbonyl (C=O) groups is 1. The molecular weight excluding hydrogens is 259 g/mol. The molecule has 1 atom stereocenters. The van der Waals surface area contributed by atoms with E-state index in [1.54, 1.807) is 12.1 Å². The Morgan fingerprint density at radius 2 is 2.00 bits per heavy atom. The summed E-state index contributed by atoms with van der Waals surface area (Å²) in [7, 11) is 0. The highest BCUT2D eigenvalue weighted by molar-refractivity contribution is 5.83. The molecule has 0 bridgehead atoms. The van der Waals surface area contributed by atoms with Crippen molar-refractivity contribution in [2.45, 2.75) is 25.8 Å². The highest BCUT2D eigenvalue weighted by atomic mass is 19.1. The van der Waals surface area contributed by atoms with Crippen molar-refractivity contribution >= 4 is 5.91 Å². The maximum atomic E-state index is 12.9. The smallest absolute Gasteiger partial charge is 0.228 e. The summed E-state index contributed by atoms with van der Waals surface area (Å²) in [6.07, 6.45) is 1.29. The lowest BCUT2D eigenvalue weighted by Gasteiger charge is -2.35. The molecule has 3 N–H and O–H groups in total. The van der Waals surface area contributed by atoms with Crippen LogP contribution < -0.4 is 11.1 Å². The van der Waals surface area contributed by atoms with E-state index in [0.717, 1.165) is 5.56 Å². The fourth-order valence-electron chi connectivity index (χ4n) is 2.47. The van der Waals surface area contributed by atoms with Gasteiger partial charge >= 0.3 is 0 Å². The molecule has 20 heavy (non-hydrogen) atoms. The van der Waals surface area contributed by atoms with Gasteiger partial charge in [0.2, 0.25) is 5.91 Å². The zero-order chi connectivity index (χ0) is 14.6. The Balaban J connectivity index is 2.04. The monoisotopic (exact) mass is 280 g/mol. The van der Waals surface area contributed by atoms with Crippen LogP contribution >= 0.6 is 0 Å². The number of rotatable bonds is 4. The van der Waals surface area contributed by atoms with Crippen LogP contribution in [0.3, 0.4) is 0 Å². The van der Waals surface area contributed by atoms with E-state index in [-0.39, 0.29) is 17.8 Å². The summed E-state index contributed by atoms with van der Waals surface area (Å²) in [5.74, 6) is -0.324. The Kier molecular flexibility index (Phi) is 4.73. The number of halogens is 1. The van der Waals surface area contributed by atoms with Gasteiger partial charge in [0.05, 0.1) is 11.5 Å². The van der Waals surface area contributed by atoms with Crippen LogP contribution in [0.15, 0.2) is 24.3 Å². The predicted molar refractivity (Wildman–Crippen MR) is 74.5 cm³/mol. The predicted octanol–water partition coefficient (Wildman–Crippen LogP) is 1.76. The first-order chi connectivity index (χ1) is 9.57. The number of benzene rings is 1. The van der Waals surface area contributed by atoms with Crippen molar-refractivity contribution in [2.75, 3.05) is 19.8 Å². The van der Waals surface area contributed by atoms with E-state index in [2.05, 4.69) is 5.32 Å². The van der Waals surface area contributed by atoms with Gasteiger partial charge in [-0.1, -0.05) is 12.1 Å². The van der Waals surface area contributed by atoms with Crippen LogP contribution in [0.1, 0.15) is 31.4 Å². The lowest BCUT2D eigenvalue weighted by atomic mass is 9.79. The number of ether oxygens (including phenoxy) is 1. The second kappa shape index (κ2) is 6.33. The zero-order valence-electron chi connectivity index (χ0n) is 11.7. The third-order valence-corrected chi connectivity index (χ3v) is 4.04. The molecule has 1 heterocycles. The molecule has 1 aliphatic heterocycles. The van der Waals surface area contributed by atoms with Gasteiger partial charge in [-0.15, -0.1) is 0 Å². The number of hydrogen-bond donors (Lipinski definition) is 2. The summed E-state index contributed by atoms with van der Waals surface area (Å²) in [6, 6.07) is 5.98. The molecule has 1 aliphatic rings. The van der Waals surface area contributed by atoms with E-state index in [1.807, 2.05) is 6.92 Å². The normalized spacial score (nSPS) is 19.4. The number of carbonyl (C=O) groups excluding carboxylic acids is 1. The van der Waals surface area contributed by atoms with Gasteiger partial charge in [-0.05, 0) is 37.5 Å². The molecule has 2 rings (SSSR count). The summed E-state index contributed by atoms with van der Waals surface area (Å²) >= 11 is 0. The summed E-state index contributed by atoms with van der Waals surface area (Å²) in [6.45, 7) is 3.33. The first kappa shape index (κ1) is 14.9. The summed E-state index contributed by atoms with van der Waals surface area (Å²) in [5, 5.41) is 2.98. The molecule has 1 aromatic rings. The molecule has 110 valence electrons. The molecule has 0 spiro atoms. The Morgan fingerprint density at radius 1 is 1.40 bits per heavy atom. The summed E-state index contributed by atoms with van der Waals surface area (Å²) in [5.41, 5.74) is 6.15. The first-order valence-electron chi connectivity index (χ1n) is 6.92. The lowest BCUT2D eigenvalue weighted by Crippen LogP contribution is -2.49. The van der Waals surface area contributed by atoms with E-state index >= 15 is 0 Å². The minimum atomic E-state index is -0.535. The highest BCUT2D eigenvalue weighted by Crippen LogP contribution is 2.30. The van der Waals surface area contributed by atoms with Crippen molar-refractivity contribution in [3.63, 3.8) is 0 Å². The van der Waals surface area contributed by atoms with Gasteiger partial charge in [-0.2, -0.15) is 0 Å². The van der Waals surface area contributed by atoms with Crippen LogP contribution in [0.5, 0.6) is 0 Å². The van der Waals surface area contributed by atoms with Crippen LogP contribution in [0.25, 0.3) is 0 Å². The Morgan fingerprint density at radius 3 is 2.55 bits per heavy atom. The third-order valence-electron chi connectivity index (χ3n) is 4.04. The van der Waals surface area contributed by atoms with Crippen molar-refractivity contribution in [2.24, 2.45) is 11.1 Å². The summed E-state index contributed by atoms with van der Waals surface area (Å²) in [4.78, 5) is 12.5. The Bertz CT molecular complexity index is 455. The quantitative estimate of drug-likeness (QED) is 0.883. The van der Waals surface area contributed by atoms with E-state index < -0.39 is 5.41 Å². The van der Waals surface area contributed by atoms with E-state index in [0.29, 0.717) is 32.6 Å². The molecule has 1 amide bonds. The number of hydrogen-bond acceptors (Lipinski definition) is 3. The molecule has 0 saturated carbocycles. The first-order valence-corrected chi connectivity index (χ1v) is 6.92. The zero-order valence-corrected chi connectivity index (χ0v) is 11.7. The molecule has 0 aliphatic carbocycles. The van der Waals surface area contributed by atoms with Crippen LogP contribution in [0.2, 0.25) is 0 Å². The number of amides is 1. The van der Waals surface area contributed by atoms with Crippen LogP contribution in [-0.2, 0) is 9.53 Å². The van der Waals surface area contributed by atoms with Gasteiger partial charge in [0.1, 0.15) is 5.82 Å². The topological polar surface area (TPSA) is 64.4 Å². The number of nitrogens with one attached hydrogen (secondary N) is 1. The minimum absolute atomic E-state index is 0.0416. The fourth-order valence-corrected chi connectivity index (χ4v) is 2.47. The van der Waals surface area contributed by atoms with Crippen LogP contribution in [-0.4, -0.2) is 25.7 Å². The third kappa shape index (κ3) is 3.16. The van der Waals surface area contributed by atoms with Crippen LogP contribution in [0, 0.1) is 11.2 Å². The van der Waals surface area contributed by atoms with Crippen molar-refractivity contribution in [3.8, 4) is 0 Å². The second-order valence-corrected chi connectivity index (χ2v) is 5.34. The van der Waals surface area contributed by atoms with Crippen LogP contribution in [0.4, 0.5) is 4.39 Å². The average Bonchev–Trinajstić information content (AvgIpc) is 2.48. The molecule has 0 aromatic heterocycles. The molecule has 1 aromatic carbocycles. The van der Waals surface area contributed by atoms with Crippen molar-refractivity contribution in [3.05, 3.63) is 35.6 Å². The largest absolute Gasteiger partial charge is 0.381 e. The maximum absolute atomic E-state index is 12.9. The lowest BCUT2D eigenvalue weighted by molar-refractivity contribution is -0.136. The van der Waals surface area contributed by atoms with Gasteiger partial charge in [0.25, 0.3) is 0 Å². The van der Waals surface area contributed by atoms with E-state index in [9.17, 15) is 9.18 Å². The van der Waals surface area contributed by atoms with Gasteiger partial charge in [0, 0.05) is 19.8 Å². The average molecular weight is 280 g/mol. The van der Waals surface area contributed by atoms with Gasteiger partial charge in [-0.3, -0.25) is 4.79 Å². The van der Waals surface area contributed by atoms with Gasteiger partial charge < -0.3 is 15.8 Å². The maximum Gasteiger partial charge on any atom is 0.228 e. The van der Waals surface area contributed by atoms with Crippen molar-refractivity contribution in [1.82, 2.24) is 5.32 Å². The molecule has 4 nitrogen and oxygen atoms in total. The molecule has 0 radical (unpaired) electrons. The molecule has 1 fully saturated rings. The highest BCUT2D eigenvalue weighted by Gasteiger charge is 2.39. The van der Waals surface area contributed by atoms with Crippen molar-refractivity contribution < 1.29 is 13.9 Å². The standard InChI is InChI=1S/C15H21FN2O2/c1-11(12-2-4-13(16)5-3-12)18-14(19)15(10-17)6-8-20-9-7-15/h2-5,11H,6-10,17H2,1H3,(H,18,19)/t11-/m0/s1. The molecule has 5 heteroatoms. The fraction of sp³-hybridized carbons (Fsp3) is 0.533. The molecule has 1 saturated heterocycles. The van der Waals surface area contributed by atoms with E-state index in [1.165, 1.54) is 12.1 Å². The molecule has 0 unspecified atom stereocenters. The Labute approximate surface area is 118 Å². The Hall–Kier alpha value is -1.46. The van der Waals surface area contributed by atoms with Crippen molar-refractivity contribution in [1.29, 1.82) is 0 Å². The summed E-state index contributed by atoms with van der Waals surface area (Å²) < 4.78 is 18.2. The SMILES string of the molecule is C[C@H](NC(=O)C1(CN)CCOCC1)c1ccc(F)cc1. The minimum Gasteiger partial charge on any atom is -0.381 e. The van der Waals surface area contributed by atoms with Gasteiger partial charge in [-0.25, -0.2) is 4.39 Å². The van der Waals surface area contributed by atoms with E-state index in [4.69, 9.17) is 10.5 Å². The number of nitrogens with two attached hydrogens (primary N) is 1.